The van der Waals surface area contributed by atoms with Crippen molar-refractivity contribution in [3.63, 3.8) is 0 Å². The molecule has 0 aromatic carbocycles. The van der Waals surface area contributed by atoms with Crippen molar-refractivity contribution in [1.29, 1.82) is 0 Å². The standard InChI is InChI=1S/C13H15N5OS/c14-15-12-4-3-11(16-17-12)13(19)18(10-1-2-10)7-9-5-6-20-8-9/h3-6,8,10H,1-2,7,14H2,(H,15,17). The van der Waals surface area contributed by atoms with E-state index in [1.54, 1.807) is 23.5 Å². The summed E-state index contributed by atoms with van der Waals surface area (Å²) in [5, 5.41) is 11.9. The van der Waals surface area contributed by atoms with Gasteiger partial charge in [0.25, 0.3) is 5.91 Å². The average molecular weight is 289 g/mol. The number of hydrogen-bond donors (Lipinski definition) is 2. The fourth-order valence-corrected chi connectivity index (χ4v) is 2.66. The predicted molar refractivity (Wildman–Crippen MR) is 77.1 cm³/mol. The van der Waals surface area contributed by atoms with E-state index in [2.05, 4.69) is 21.0 Å². The molecule has 1 aliphatic carbocycles. The van der Waals surface area contributed by atoms with Gasteiger partial charge in [-0.15, -0.1) is 10.2 Å². The van der Waals surface area contributed by atoms with Crippen LogP contribution in [0.15, 0.2) is 29.0 Å². The number of hydrogen-bond acceptors (Lipinski definition) is 6. The van der Waals surface area contributed by atoms with Crippen LogP contribution in [0.1, 0.15) is 28.9 Å². The molecule has 1 amide bonds. The number of nitrogen functional groups attached to an aromatic ring is 1. The number of amides is 1. The molecular weight excluding hydrogens is 274 g/mol. The van der Waals surface area contributed by atoms with E-state index in [9.17, 15) is 4.79 Å². The quantitative estimate of drug-likeness (QED) is 0.645. The van der Waals surface area contributed by atoms with Gasteiger partial charge >= 0.3 is 0 Å². The van der Waals surface area contributed by atoms with Crippen LogP contribution in [0.3, 0.4) is 0 Å². The molecule has 1 aliphatic rings. The Morgan fingerprint density at radius 3 is 2.80 bits per heavy atom. The zero-order chi connectivity index (χ0) is 13.9. The lowest BCUT2D eigenvalue weighted by atomic mass is 10.2. The monoisotopic (exact) mass is 289 g/mol. The smallest absolute Gasteiger partial charge is 0.274 e. The molecule has 6 nitrogen and oxygen atoms in total. The van der Waals surface area contributed by atoms with E-state index < -0.39 is 0 Å². The molecule has 0 saturated heterocycles. The van der Waals surface area contributed by atoms with Crippen molar-refractivity contribution >= 4 is 23.1 Å². The first-order chi connectivity index (χ1) is 9.78. The molecule has 2 aromatic heterocycles. The summed E-state index contributed by atoms with van der Waals surface area (Å²) in [4.78, 5) is 14.4. The van der Waals surface area contributed by atoms with E-state index in [1.807, 2.05) is 16.3 Å². The summed E-state index contributed by atoms with van der Waals surface area (Å²) >= 11 is 1.64. The summed E-state index contributed by atoms with van der Waals surface area (Å²) in [6, 6.07) is 5.67. The second-order valence-electron chi connectivity index (χ2n) is 4.74. The fraction of sp³-hybridized carbons (Fsp3) is 0.308. The molecule has 3 rings (SSSR count). The van der Waals surface area contributed by atoms with Crippen molar-refractivity contribution < 1.29 is 4.79 Å². The van der Waals surface area contributed by atoms with Gasteiger partial charge < -0.3 is 10.3 Å². The minimum Gasteiger partial charge on any atom is -0.330 e. The maximum Gasteiger partial charge on any atom is 0.274 e. The molecule has 0 radical (unpaired) electrons. The zero-order valence-electron chi connectivity index (χ0n) is 10.8. The van der Waals surface area contributed by atoms with Gasteiger partial charge in [0.05, 0.1) is 0 Å². The lowest BCUT2D eigenvalue weighted by Crippen LogP contribution is -2.33. The highest BCUT2D eigenvalue weighted by atomic mass is 32.1. The molecule has 0 spiro atoms. The minimum atomic E-state index is -0.0743. The Kier molecular flexibility index (Phi) is 3.62. The van der Waals surface area contributed by atoms with Crippen LogP contribution in [0, 0.1) is 0 Å². The number of nitrogens with two attached hydrogens (primary N) is 1. The summed E-state index contributed by atoms with van der Waals surface area (Å²) in [5.41, 5.74) is 3.91. The van der Waals surface area contributed by atoms with Crippen LogP contribution < -0.4 is 11.3 Å². The Bertz CT molecular complexity index is 579. The van der Waals surface area contributed by atoms with E-state index in [1.165, 1.54) is 0 Å². The largest absolute Gasteiger partial charge is 0.330 e. The van der Waals surface area contributed by atoms with Gasteiger partial charge in [-0.1, -0.05) is 0 Å². The Morgan fingerprint density at radius 1 is 1.40 bits per heavy atom. The van der Waals surface area contributed by atoms with Crippen LogP contribution in [0.4, 0.5) is 5.82 Å². The first-order valence-corrected chi connectivity index (χ1v) is 7.34. The Hall–Kier alpha value is -1.99. The number of hydrazine groups is 1. The lowest BCUT2D eigenvalue weighted by molar-refractivity contribution is 0.0723. The molecule has 20 heavy (non-hydrogen) atoms. The molecule has 0 atom stereocenters. The Morgan fingerprint density at radius 2 is 2.25 bits per heavy atom. The topological polar surface area (TPSA) is 84.1 Å². The predicted octanol–water partition coefficient (Wildman–Crippen LogP) is 1.63. The second kappa shape index (κ2) is 5.56. The lowest BCUT2D eigenvalue weighted by Gasteiger charge is -2.21. The van der Waals surface area contributed by atoms with Crippen LogP contribution in [0.25, 0.3) is 0 Å². The molecular formula is C13H15N5OS. The first-order valence-electron chi connectivity index (χ1n) is 6.40. The second-order valence-corrected chi connectivity index (χ2v) is 5.52. The molecule has 3 N–H and O–H groups in total. The van der Waals surface area contributed by atoms with E-state index in [0.717, 1.165) is 18.4 Å². The fourth-order valence-electron chi connectivity index (χ4n) is 2.00. The third-order valence-corrected chi connectivity index (χ3v) is 3.95. The molecule has 0 bridgehead atoms. The first kappa shape index (κ1) is 13.0. The molecule has 104 valence electrons. The van der Waals surface area contributed by atoms with Crippen molar-refractivity contribution in [2.45, 2.75) is 25.4 Å². The van der Waals surface area contributed by atoms with Crippen molar-refractivity contribution in [1.82, 2.24) is 15.1 Å². The van der Waals surface area contributed by atoms with Gasteiger partial charge in [-0.2, -0.15) is 11.3 Å². The van der Waals surface area contributed by atoms with Gasteiger partial charge in [-0.3, -0.25) is 4.79 Å². The van der Waals surface area contributed by atoms with Gasteiger partial charge in [0.1, 0.15) is 0 Å². The summed E-state index contributed by atoms with van der Waals surface area (Å²) < 4.78 is 0. The number of carbonyl (C=O) groups excluding carboxylic acids is 1. The number of carbonyl (C=O) groups is 1. The summed E-state index contributed by atoms with van der Waals surface area (Å²) in [6.07, 6.45) is 2.12. The third kappa shape index (κ3) is 2.78. The molecule has 2 aromatic rings. The summed E-state index contributed by atoms with van der Waals surface area (Å²) in [7, 11) is 0. The van der Waals surface area contributed by atoms with Crippen LogP contribution in [-0.4, -0.2) is 27.0 Å². The van der Waals surface area contributed by atoms with Crippen LogP contribution in [0.5, 0.6) is 0 Å². The number of rotatable bonds is 5. The van der Waals surface area contributed by atoms with E-state index in [0.29, 0.717) is 24.1 Å². The van der Waals surface area contributed by atoms with Gasteiger partial charge in [0.15, 0.2) is 11.5 Å². The van der Waals surface area contributed by atoms with Crippen molar-refractivity contribution in [3.8, 4) is 0 Å². The number of nitrogens with zero attached hydrogens (tertiary/aromatic N) is 3. The highest BCUT2D eigenvalue weighted by molar-refractivity contribution is 7.07. The van der Waals surface area contributed by atoms with E-state index >= 15 is 0 Å². The zero-order valence-corrected chi connectivity index (χ0v) is 11.6. The average Bonchev–Trinajstić information content (AvgIpc) is 3.21. The molecule has 0 aliphatic heterocycles. The Labute approximate surface area is 120 Å². The third-order valence-electron chi connectivity index (χ3n) is 3.21. The molecule has 2 heterocycles. The normalized spacial score (nSPS) is 14.1. The summed E-state index contributed by atoms with van der Waals surface area (Å²) in [5.74, 6) is 5.61. The van der Waals surface area contributed by atoms with Gasteiger partial charge in [0.2, 0.25) is 0 Å². The number of thiophene rings is 1. The van der Waals surface area contributed by atoms with Gasteiger partial charge in [-0.25, -0.2) is 5.84 Å². The molecule has 1 saturated carbocycles. The van der Waals surface area contributed by atoms with E-state index in [4.69, 9.17) is 5.84 Å². The molecule has 7 heteroatoms. The number of nitrogens with one attached hydrogen (secondary N) is 1. The molecule has 0 unspecified atom stereocenters. The molecule has 1 fully saturated rings. The highest BCUT2D eigenvalue weighted by Gasteiger charge is 2.33. The van der Waals surface area contributed by atoms with E-state index in [-0.39, 0.29) is 5.91 Å². The number of anilines is 1. The van der Waals surface area contributed by atoms with Gasteiger partial charge in [-0.05, 0) is 47.4 Å². The van der Waals surface area contributed by atoms with Crippen LogP contribution >= 0.6 is 11.3 Å². The van der Waals surface area contributed by atoms with Crippen molar-refractivity contribution in [2.24, 2.45) is 5.84 Å². The number of aromatic nitrogens is 2. The summed E-state index contributed by atoms with van der Waals surface area (Å²) in [6.45, 7) is 0.631. The van der Waals surface area contributed by atoms with Gasteiger partial charge in [0, 0.05) is 12.6 Å². The van der Waals surface area contributed by atoms with Crippen molar-refractivity contribution in [2.75, 3.05) is 5.43 Å². The highest BCUT2D eigenvalue weighted by Crippen LogP contribution is 2.29. The Balaban J connectivity index is 1.77. The van der Waals surface area contributed by atoms with Crippen LogP contribution in [-0.2, 0) is 6.54 Å². The maximum atomic E-state index is 12.5. The minimum absolute atomic E-state index is 0.0743. The SMILES string of the molecule is NNc1ccc(C(=O)N(Cc2ccsc2)C2CC2)nn1. The van der Waals surface area contributed by atoms with Crippen LogP contribution in [0.2, 0.25) is 0 Å². The maximum absolute atomic E-state index is 12.5. The van der Waals surface area contributed by atoms with Crippen molar-refractivity contribution in [3.05, 3.63) is 40.2 Å².